The molecule has 3 aromatic rings. The van der Waals surface area contributed by atoms with Crippen LogP contribution in [0.5, 0.6) is 0 Å². The van der Waals surface area contributed by atoms with Crippen LogP contribution in [0, 0.1) is 0 Å². The molecule has 2 heterocycles. The van der Waals surface area contributed by atoms with Gasteiger partial charge in [0, 0.05) is 56.5 Å². The summed E-state index contributed by atoms with van der Waals surface area (Å²) in [5.74, 6) is -0.790. The quantitative estimate of drug-likeness (QED) is 0.415. The van der Waals surface area contributed by atoms with E-state index in [4.69, 9.17) is 46.4 Å². The lowest BCUT2D eigenvalue weighted by molar-refractivity contribution is -0.128. The third-order valence-corrected chi connectivity index (χ3v) is 7.62. The molecule has 0 bridgehead atoms. The van der Waals surface area contributed by atoms with Crippen LogP contribution >= 0.6 is 46.4 Å². The van der Waals surface area contributed by atoms with Crippen molar-refractivity contribution in [3.8, 4) is 0 Å². The predicted octanol–water partition coefficient (Wildman–Crippen LogP) is 6.82. The molecule has 2 unspecified atom stereocenters. The lowest BCUT2D eigenvalue weighted by Crippen LogP contribution is -2.50. The van der Waals surface area contributed by atoms with E-state index >= 15 is 0 Å². The molecule has 1 fully saturated rings. The number of amides is 1. The summed E-state index contributed by atoms with van der Waals surface area (Å²) in [7, 11) is 0. The van der Waals surface area contributed by atoms with Gasteiger partial charge in [-0.3, -0.25) is 9.59 Å². The normalized spacial score (nSPS) is 24.5. The first-order chi connectivity index (χ1) is 15.3. The van der Waals surface area contributed by atoms with Gasteiger partial charge in [-0.2, -0.15) is 0 Å². The van der Waals surface area contributed by atoms with Gasteiger partial charge < -0.3 is 5.32 Å². The topological polar surface area (TPSA) is 59.1 Å². The number of nitrogens with one attached hydrogen (secondary N) is 1. The van der Waals surface area contributed by atoms with Crippen LogP contribution in [-0.2, 0) is 15.0 Å². The number of halogens is 4. The van der Waals surface area contributed by atoms with E-state index in [9.17, 15) is 9.59 Å². The maximum atomic E-state index is 13.8. The molecule has 1 N–H and O–H groups in total. The van der Waals surface area contributed by atoms with Gasteiger partial charge in [0.1, 0.15) is 11.6 Å². The third kappa shape index (κ3) is 3.24. The SMILES string of the molecule is O=C1CC(c2ccc(Cl)cc2Cl)C2(C(=O)Nc3ncccc32)C(c2ccc(Cl)cc2Cl)C1. The van der Waals surface area contributed by atoms with E-state index < -0.39 is 17.3 Å². The molecular weight excluding hydrogens is 490 g/mol. The Morgan fingerprint density at radius 3 is 1.94 bits per heavy atom. The zero-order chi connectivity index (χ0) is 22.6. The second-order valence-corrected chi connectivity index (χ2v) is 9.79. The second-order valence-electron chi connectivity index (χ2n) is 8.11. The third-order valence-electron chi connectivity index (χ3n) is 6.50. The Kier molecular flexibility index (Phi) is 5.45. The number of carbonyl (C=O) groups excluding carboxylic acids is 2. The molecule has 5 rings (SSSR count). The Bertz CT molecular complexity index is 1210. The van der Waals surface area contributed by atoms with Gasteiger partial charge in [-0.15, -0.1) is 0 Å². The first-order valence-electron chi connectivity index (χ1n) is 10.0. The highest BCUT2D eigenvalue weighted by molar-refractivity contribution is 6.36. The number of rotatable bonds is 2. The van der Waals surface area contributed by atoms with E-state index in [1.165, 1.54) is 0 Å². The number of hydrogen-bond acceptors (Lipinski definition) is 3. The number of benzene rings is 2. The molecular formula is C24H16Cl4N2O2. The van der Waals surface area contributed by atoms with Gasteiger partial charge in [0.05, 0.1) is 5.41 Å². The number of anilines is 1. The minimum atomic E-state index is -1.13. The average molecular weight is 506 g/mol. The maximum Gasteiger partial charge on any atom is 0.237 e. The standard InChI is InChI=1S/C24H16Cl4N2O2/c25-12-3-5-15(20(27)8-12)18-10-14(31)11-19(16-6-4-13(26)9-21(16)28)24(18)17-2-1-7-29-22(17)30-23(24)32/h1-9,18-19H,10-11H2,(H,29,30,32). The van der Waals surface area contributed by atoms with Gasteiger partial charge in [-0.1, -0.05) is 64.6 Å². The van der Waals surface area contributed by atoms with Crippen LogP contribution in [0.15, 0.2) is 54.7 Å². The molecule has 0 radical (unpaired) electrons. The van der Waals surface area contributed by atoms with Crippen molar-refractivity contribution in [2.24, 2.45) is 0 Å². The van der Waals surface area contributed by atoms with Crippen LogP contribution in [-0.4, -0.2) is 16.7 Å². The van der Waals surface area contributed by atoms with Gasteiger partial charge in [0.2, 0.25) is 5.91 Å². The van der Waals surface area contributed by atoms with Gasteiger partial charge in [-0.05, 0) is 41.5 Å². The first-order valence-corrected chi connectivity index (χ1v) is 11.5. The zero-order valence-electron chi connectivity index (χ0n) is 16.5. The Balaban J connectivity index is 1.82. The number of nitrogens with zero attached hydrogens (tertiary/aromatic N) is 1. The molecule has 1 aliphatic carbocycles. The van der Waals surface area contributed by atoms with Crippen molar-refractivity contribution >= 4 is 63.9 Å². The highest BCUT2D eigenvalue weighted by Crippen LogP contribution is 2.61. The number of ketones is 1. The molecule has 8 heteroatoms. The lowest BCUT2D eigenvalue weighted by atomic mass is 9.54. The fraction of sp³-hybridized carbons (Fsp3) is 0.208. The summed E-state index contributed by atoms with van der Waals surface area (Å²) in [6.07, 6.45) is 1.94. The summed E-state index contributed by atoms with van der Waals surface area (Å²) in [6, 6.07) is 13.9. The second kappa shape index (κ2) is 8.03. The molecule has 1 aliphatic heterocycles. The minimum Gasteiger partial charge on any atom is -0.310 e. The summed E-state index contributed by atoms with van der Waals surface area (Å²) < 4.78 is 0. The predicted molar refractivity (Wildman–Crippen MR) is 127 cm³/mol. The van der Waals surface area contributed by atoms with Crippen LogP contribution in [0.1, 0.15) is 41.4 Å². The average Bonchev–Trinajstić information content (AvgIpc) is 3.03. The molecule has 2 aromatic carbocycles. The Hall–Kier alpha value is -2.11. The number of hydrogen-bond donors (Lipinski definition) is 1. The van der Waals surface area contributed by atoms with Crippen molar-refractivity contribution in [2.75, 3.05) is 5.32 Å². The number of pyridine rings is 1. The lowest BCUT2D eigenvalue weighted by Gasteiger charge is -2.46. The Labute approximate surface area is 204 Å². The van der Waals surface area contributed by atoms with Crippen molar-refractivity contribution in [3.05, 3.63) is 91.5 Å². The molecule has 1 saturated carbocycles. The molecule has 2 atom stereocenters. The summed E-state index contributed by atoms with van der Waals surface area (Å²) in [5, 5.41) is 4.70. The van der Waals surface area contributed by atoms with E-state index in [2.05, 4.69) is 10.3 Å². The van der Waals surface area contributed by atoms with Crippen molar-refractivity contribution in [1.82, 2.24) is 4.98 Å². The molecule has 4 nitrogen and oxygen atoms in total. The van der Waals surface area contributed by atoms with Crippen LogP contribution < -0.4 is 5.32 Å². The fourth-order valence-corrected chi connectivity index (χ4v) is 6.33. The smallest absolute Gasteiger partial charge is 0.237 e. The number of fused-ring (bicyclic) bond motifs is 2. The number of carbonyl (C=O) groups is 2. The number of Topliss-reactive ketones (excluding diaryl/α,β-unsaturated/α-hetero) is 1. The van der Waals surface area contributed by atoms with Crippen LogP contribution in [0.4, 0.5) is 5.82 Å². The van der Waals surface area contributed by atoms with E-state index in [1.54, 1.807) is 48.7 Å². The molecule has 1 aromatic heterocycles. The monoisotopic (exact) mass is 504 g/mol. The molecule has 2 aliphatic rings. The van der Waals surface area contributed by atoms with Gasteiger partial charge in [-0.25, -0.2) is 4.98 Å². The zero-order valence-corrected chi connectivity index (χ0v) is 19.6. The fourth-order valence-electron chi connectivity index (χ4n) is 5.25. The largest absolute Gasteiger partial charge is 0.310 e. The summed E-state index contributed by atoms with van der Waals surface area (Å²) in [5.41, 5.74) is 0.966. The van der Waals surface area contributed by atoms with E-state index in [-0.39, 0.29) is 24.5 Å². The molecule has 1 amide bonds. The maximum absolute atomic E-state index is 13.8. The van der Waals surface area contributed by atoms with Crippen molar-refractivity contribution in [1.29, 1.82) is 0 Å². The van der Waals surface area contributed by atoms with Crippen molar-refractivity contribution < 1.29 is 9.59 Å². The molecule has 32 heavy (non-hydrogen) atoms. The summed E-state index contributed by atoms with van der Waals surface area (Å²) in [4.78, 5) is 31.3. The Morgan fingerprint density at radius 1 is 0.844 bits per heavy atom. The van der Waals surface area contributed by atoms with Crippen LogP contribution in [0.2, 0.25) is 20.1 Å². The van der Waals surface area contributed by atoms with Gasteiger partial charge >= 0.3 is 0 Å². The van der Waals surface area contributed by atoms with Crippen LogP contribution in [0.3, 0.4) is 0 Å². The summed E-state index contributed by atoms with van der Waals surface area (Å²) in [6.45, 7) is 0. The highest BCUT2D eigenvalue weighted by atomic mass is 35.5. The molecule has 0 saturated heterocycles. The first kappa shape index (κ1) is 21.7. The minimum absolute atomic E-state index is 0.0211. The van der Waals surface area contributed by atoms with E-state index in [0.29, 0.717) is 37.0 Å². The Morgan fingerprint density at radius 2 is 1.41 bits per heavy atom. The van der Waals surface area contributed by atoms with Crippen LogP contribution in [0.25, 0.3) is 0 Å². The van der Waals surface area contributed by atoms with E-state index in [0.717, 1.165) is 5.56 Å². The summed E-state index contributed by atoms with van der Waals surface area (Å²) >= 11 is 25.5. The van der Waals surface area contributed by atoms with Gasteiger partial charge in [0.15, 0.2) is 0 Å². The van der Waals surface area contributed by atoms with Gasteiger partial charge in [0.25, 0.3) is 0 Å². The van der Waals surface area contributed by atoms with Crippen molar-refractivity contribution in [3.63, 3.8) is 0 Å². The van der Waals surface area contributed by atoms with E-state index in [1.807, 2.05) is 6.07 Å². The molecule has 162 valence electrons. The van der Waals surface area contributed by atoms with Crippen molar-refractivity contribution in [2.45, 2.75) is 30.1 Å². The molecule has 1 spiro atoms. The number of aromatic nitrogens is 1. The highest BCUT2D eigenvalue weighted by Gasteiger charge is 2.61.